The predicted octanol–water partition coefficient (Wildman–Crippen LogP) is 5.50. The minimum absolute atomic E-state index is 0.143. The number of benzene rings is 1. The van der Waals surface area contributed by atoms with Crippen LogP contribution in [0.2, 0.25) is 0 Å². The largest absolute Gasteiger partial charge is 0.465 e. The molecule has 3 heterocycles. The van der Waals surface area contributed by atoms with Gasteiger partial charge in [-0.3, -0.25) is 0 Å². The van der Waals surface area contributed by atoms with Crippen molar-refractivity contribution in [1.29, 1.82) is 5.26 Å². The molecule has 2 aliphatic rings. The van der Waals surface area contributed by atoms with Gasteiger partial charge in [0.05, 0.1) is 23.5 Å². The van der Waals surface area contributed by atoms with Crippen LogP contribution in [0.5, 0.6) is 0 Å². The van der Waals surface area contributed by atoms with E-state index in [0.717, 1.165) is 37.7 Å². The number of aromatic nitrogens is 3. The van der Waals surface area contributed by atoms with Gasteiger partial charge in [-0.15, -0.1) is 0 Å². The van der Waals surface area contributed by atoms with Crippen LogP contribution in [0.15, 0.2) is 36.5 Å². The first kappa shape index (κ1) is 26.3. The molecule has 39 heavy (non-hydrogen) atoms. The van der Waals surface area contributed by atoms with Crippen molar-refractivity contribution in [3.05, 3.63) is 47.7 Å². The number of hydrogen-bond donors (Lipinski definition) is 2. The molecule has 2 fully saturated rings. The average Bonchev–Trinajstić information content (AvgIpc) is 3.67. The van der Waals surface area contributed by atoms with Crippen molar-refractivity contribution in [1.82, 2.24) is 19.5 Å². The molecule has 2 amide bonds. The molecular weight excluding hydrogens is 498 g/mol. The number of nitriles is 1. The first-order chi connectivity index (χ1) is 18.6. The van der Waals surface area contributed by atoms with Crippen LogP contribution in [0.1, 0.15) is 69.9 Å². The Kier molecular flexibility index (Phi) is 7.04. The number of nitrogens with zero attached hydrogens (tertiary/aromatic N) is 6. The third-order valence-corrected chi connectivity index (χ3v) is 6.83. The molecule has 2 aromatic heterocycles. The van der Waals surface area contributed by atoms with E-state index >= 15 is 0 Å². The summed E-state index contributed by atoms with van der Waals surface area (Å²) in [6.07, 6.45) is 4.82. The predicted molar refractivity (Wildman–Crippen MR) is 145 cm³/mol. The molecule has 1 atom stereocenters. The molecule has 1 saturated carbocycles. The number of hydrogen-bond acceptors (Lipinski definition) is 7. The quantitative estimate of drug-likeness (QED) is 0.441. The highest BCUT2D eigenvalue weighted by molar-refractivity contribution is 5.96. The van der Waals surface area contributed by atoms with Gasteiger partial charge >= 0.3 is 12.2 Å². The number of carbonyl (C=O) groups excluding carboxylic acids is 1. The van der Waals surface area contributed by atoms with Crippen molar-refractivity contribution in [3.63, 3.8) is 0 Å². The lowest BCUT2D eigenvalue weighted by Gasteiger charge is -2.28. The van der Waals surface area contributed by atoms with Crippen molar-refractivity contribution in [2.45, 2.75) is 70.4 Å². The van der Waals surface area contributed by atoms with Gasteiger partial charge in [-0.1, -0.05) is 6.07 Å². The number of rotatable bonds is 5. The lowest BCUT2D eigenvalue weighted by atomic mass is 10.1. The Morgan fingerprint density at radius 2 is 2.00 bits per heavy atom. The van der Waals surface area contributed by atoms with Gasteiger partial charge in [-0.05, 0) is 77.0 Å². The molecule has 1 saturated heterocycles. The molecule has 1 aliphatic heterocycles. The molecule has 1 aromatic carbocycles. The zero-order valence-electron chi connectivity index (χ0n) is 22.4. The summed E-state index contributed by atoms with van der Waals surface area (Å²) in [6, 6.07) is 10.5. The lowest BCUT2D eigenvalue weighted by Crippen LogP contribution is -2.38. The molecule has 0 radical (unpaired) electrons. The summed E-state index contributed by atoms with van der Waals surface area (Å²) in [5.74, 6) is 1.28. The Labute approximate surface area is 227 Å². The van der Waals surface area contributed by atoms with E-state index in [1.54, 1.807) is 61.8 Å². The highest BCUT2D eigenvalue weighted by Gasteiger charge is 2.32. The van der Waals surface area contributed by atoms with Gasteiger partial charge in [0, 0.05) is 30.8 Å². The number of ether oxygens (including phenoxy) is 1. The van der Waals surface area contributed by atoms with E-state index in [9.17, 15) is 20.0 Å². The molecule has 11 heteroatoms. The molecule has 11 nitrogen and oxygen atoms in total. The van der Waals surface area contributed by atoms with Gasteiger partial charge in [-0.2, -0.15) is 14.9 Å². The monoisotopic (exact) mass is 531 g/mol. The molecule has 2 N–H and O–H groups in total. The molecule has 1 unspecified atom stereocenters. The minimum Gasteiger partial charge on any atom is -0.465 e. The third-order valence-electron chi connectivity index (χ3n) is 6.83. The highest BCUT2D eigenvalue weighted by atomic mass is 16.6. The van der Waals surface area contributed by atoms with Crippen molar-refractivity contribution in [3.8, 4) is 6.07 Å². The number of fused-ring (bicyclic) bond motifs is 1. The number of carbonyl (C=O) groups is 2. The topological polar surface area (TPSA) is 136 Å². The number of likely N-dealkylation sites (tertiary alicyclic amines) is 1. The summed E-state index contributed by atoms with van der Waals surface area (Å²) < 4.78 is 7.43. The Morgan fingerprint density at radius 3 is 2.69 bits per heavy atom. The Hall–Kier alpha value is -4.33. The van der Waals surface area contributed by atoms with Gasteiger partial charge in [0.2, 0.25) is 0 Å². The summed E-state index contributed by atoms with van der Waals surface area (Å²) in [5, 5.41) is 27.2. The maximum absolute atomic E-state index is 13.7. The Balaban J connectivity index is 1.62. The first-order valence-corrected chi connectivity index (χ1v) is 13.3. The van der Waals surface area contributed by atoms with Crippen LogP contribution in [0, 0.1) is 11.3 Å². The van der Waals surface area contributed by atoms with Crippen LogP contribution in [-0.2, 0) is 4.74 Å². The SMILES string of the molecule is CC(C)(C)OC(=O)N(c1cccc(C#N)c1)c1cc(NC2CCCCN(C(=O)O)C2)nc2c(C3CC3)cnn12. The molecule has 1 aliphatic carbocycles. The van der Waals surface area contributed by atoms with Gasteiger partial charge in [-0.25, -0.2) is 19.5 Å². The van der Waals surface area contributed by atoms with Crippen LogP contribution in [-0.4, -0.2) is 61.5 Å². The Morgan fingerprint density at radius 1 is 1.21 bits per heavy atom. The van der Waals surface area contributed by atoms with E-state index < -0.39 is 17.8 Å². The summed E-state index contributed by atoms with van der Waals surface area (Å²) >= 11 is 0. The van der Waals surface area contributed by atoms with Gasteiger partial charge in [0.25, 0.3) is 0 Å². The standard InChI is InChI=1S/C28H33N7O4/c1-28(2,3)39-27(38)34(21-9-6-7-18(13-21)15-29)24-14-23(31-20-8-4-5-12-33(17-20)26(36)37)32-25-22(19-10-11-19)16-30-35(24)25/h6-7,9,13-14,16,19-20H,4-5,8,10-12,17H2,1-3H3,(H,31,32)(H,36,37). The maximum Gasteiger partial charge on any atom is 0.420 e. The fraction of sp³-hybridized carbons (Fsp3) is 0.464. The molecular formula is C28H33N7O4. The van der Waals surface area contributed by atoms with Crippen LogP contribution >= 0.6 is 0 Å². The van der Waals surface area contributed by atoms with Gasteiger partial charge in [0.1, 0.15) is 17.2 Å². The van der Waals surface area contributed by atoms with Gasteiger partial charge < -0.3 is 20.1 Å². The van der Waals surface area contributed by atoms with E-state index in [2.05, 4.69) is 16.5 Å². The highest BCUT2D eigenvalue weighted by Crippen LogP contribution is 2.43. The molecule has 5 rings (SSSR count). The summed E-state index contributed by atoms with van der Waals surface area (Å²) in [7, 11) is 0. The minimum atomic E-state index is -0.937. The molecule has 3 aromatic rings. The van der Waals surface area contributed by atoms with Crippen molar-refractivity contribution < 1.29 is 19.4 Å². The number of nitrogens with one attached hydrogen (secondary N) is 1. The number of carboxylic acid groups (broad SMARTS) is 1. The van der Waals surface area contributed by atoms with Crippen LogP contribution in [0.3, 0.4) is 0 Å². The smallest absolute Gasteiger partial charge is 0.420 e. The summed E-state index contributed by atoms with van der Waals surface area (Å²) in [6.45, 7) is 6.23. The second-order valence-electron chi connectivity index (χ2n) is 11.2. The third kappa shape index (κ3) is 5.90. The summed E-state index contributed by atoms with van der Waals surface area (Å²) in [4.78, 5) is 33.1. The molecule has 0 spiro atoms. The maximum atomic E-state index is 13.7. The van der Waals surface area contributed by atoms with Gasteiger partial charge in [0.15, 0.2) is 5.65 Å². The normalized spacial score (nSPS) is 17.8. The van der Waals surface area contributed by atoms with Crippen molar-refractivity contribution in [2.24, 2.45) is 0 Å². The average molecular weight is 532 g/mol. The fourth-order valence-electron chi connectivity index (χ4n) is 4.88. The van der Waals surface area contributed by atoms with E-state index in [-0.39, 0.29) is 6.04 Å². The second-order valence-corrected chi connectivity index (χ2v) is 11.2. The number of anilines is 3. The molecule has 0 bridgehead atoms. The van der Waals surface area contributed by atoms with Crippen LogP contribution in [0.25, 0.3) is 5.65 Å². The fourth-order valence-corrected chi connectivity index (χ4v) is 4.88. The molecule has 204 valence electrons. The van der Waals surface area contributed by atoms with E-state index in [0.29, 0.717) is 47.5 Å². The lowest BCUT2D eigenvalue weighted by molar-refractivity contribution is 0.0597. The first-order valence-electron chi connectivity index (χ1n) is 13.3. The van der Waals surface area contributed by atoms with Crippen LogP contribution in [0.4, 0.5) is 26.9 Å². The number of amides is 2. The van der Waals surface area contributed by atoms with Crippen molar-refractivity contribution in [2.75, 3.05) is 23.3 Å². The zero-order chi connectivity index (χ0) is 27.7. The zero-order valence-corrected chi connectivity index (χ0v) is 22.4. The Bertz CT molecular complexity index is 1430. The van der Waals surface area contributed by atoms with E-state index in [1.807, 2.05) is 0 Å². The van der Waals surface area contributed by atoms with E-state index in [4.69, 9.17) is 9.72 Å². The van der Waals surface area contributed by atoms with Crippen LogP contribution < -0.4 is 10.2 Å². The van der Waals surface area contributed by atoms with E-state index in [1.165, 1.54) is 9.80 Å². The summed E-state index contributed by atoms with van der Waals surface area (Å²) in [5.41, 5.74) is 1.72. The van der Waals surface area contributed by atoms with Crippen molar-refractivity contribution >= 4 is 35.2 Å². The second kappa shape index (κ2) is 10.4.